The fourth-order valence-corrected chi connectivity index (χ4v) is 2.64. The highest BCUT2D eigenvalue weighted by Crippen LogP contribution is 2.27. The molecule has 20 heavy (non-hydrogen) atoms. The van der Waals surface area contributed by atoms with E-state index in [0.29, 0.717) is 0 Å². The predicted molar refractivity (Wildman–Crippen MR) is 81.4 cm³/mol. The molecule has 2 heterocycles. The van der Waals surface area contributed by atoms with E-state index in [1.165, 1.54) is 6.92 Å². The number of benzene rings is 1. The van der Waals surface area contributed by atoms with E-state index in [0.717, 1.165) is 27.4 Å². The summed E-state index contributed by atoms with van der Waals surface area (Å²) in [7, 11) is 0. The zero-order chi connectivity index (χ0) is 13.9. The van der Waals surface area contributed by atoms with E-state index in [-0.39, 0.29) is 5.91 Å². The number of fused-ring (bicyclic) bond motifs is 1. The number of carbonyl (C=O) groups is 1. The van der Waals surface area contributed by atoms with Crippen molar-refractivity contribution in [3.63, 3.8) is 0 Å². The van der Waals surface area contributed by atoms with E-state index < -0.39 is 0 Å². The third-order valence-electron chi connectivity index (χ3n) is 2.71. The topological polar surface area (TPSA) is 66.9 Å². The molecular formula is C14H12N4OS. The van der Waals surface area contributed by atoms with Crippen LogP contribution in [-0.2, 0) is 4.79 Å². The summed E-state index contributed by atoms with van der Waals surface area (Å²) in [5.41, 5.74) is 2.61. The van der Waals surface area contributed by atoms with Crippen molar-refractivity contribution < 1.29 is 4.79 Å². The van der Waals surface area contributed by atoms with Crippen LogP contribution >= 0.6 is 11.3 Å². The third-order valence-corrected chi connectivity index (χ3v) is 3.62. The number of amides is 1. The summed E-state index contributed by atoms with van der Waals surface area (Å²) in [6.07, 6.45) is 1.54. The van der Waals surface area contributed by atoms with Gasteiger partial charge in [-0.1, -0.05) is 0 Å². The third kappa shape index (κ3) is 2.60. The Hall–Kier alpha value is -2.47. The van der Waals surface area contributed by atoms with Crippen molar-refractivity contribution in [3.8, 4) is 0 Å². The molecule has 0 aliphatic rings. The summed E-state index contributed by atoms with van der Waals surface area (Å²) >= 11 is 1.60. The Labute approximate surface area is 119 Å². The Morgan fingerprint density at radius 2 is 1.85 bits per heavy atom. The quantitative estimate of drug-likeness (QED) is 0.773. The predicted octanol–water partition coefficient (Wildman–Crippen LogP) is 3.39. The first-order valence-electron chi connectivity index (χ1n) is 6.05. The molecule has 3 aromatic rings. The lowest BCUT2D eigenvalue weighted by Crippen LogP contribution is -2.05. The van der Waals surface area contributed by atoms with Crippen LogP contribution in [0.15, 0.2) is 42.0 Å². The van der Waals surface area contributed by atoms with E-state index in [4.69, 9.17) is 0 Å². The molecule has 3 rings (SSSR count). The maximum Gasteiger partial charge on any atom is 0.221 e. The maximum atomic E-state index is 11.0. The minimum absolute atomic E-state index is 0.0817. The second-order valence-electron chi connectivity index (χ2n) is 4.24. The van der Waals surface area contributed by atoms with Crippen LogP contribution < -0.4 is 10.6 Å². The second kappa shape index (κ2) is 5.26. The molecule has 0 spiro atoms. The molecule has 0 saturated carbocycles. The number of hydrogen-bond acceptors (Lipinski definition) is 5. The molecule has 5 nitrogen and oxygen atoms in total. The van der Waals surface area contributed by atoms with Gasteiger partial charge in [0.25, 0.3) is 0 Å². The number of nitrogens with zero attached hydrogens (tertiary/aromatic N) is 2. The molecule has 1 aromatic carbocycles. The van der Waals surface area contributed by atoms with Crippen molar-refractivity contribution >= 4 is 44.7 Å². The number of anilines is 3. The SMILES string of the molecule is CC(=O)Nc1ccc(Nc2ncnc3ccsc23)cc1. The van der Waals surface area contributed by atoms with Crippen molar-refractivity contribution in [2.45, 2.75) is 6.92 Å². The van der Waals surface area contributed by atoms with Gasteiger partial charge < -0.3 is 10.6 Å². The van der Waals surface area contributed by atoms with Crippen LogP contribution in [0.5, 0.6) is 0 Å². The molecule has 0 saturated heterocycles. The summed E-state index contributed by atoms with van der Waals surface area (Å²) in [6, 6.07) is 9.44. The summed E-state index contributed by atoms with van der Waals surface area (Å²) in [5, 5.41) is 7.98. The molecule has 0 unspecified atom stereocenters. The van der Waals surface area contributed by atoms with Gasteiger partial charge in [-0.2, -0.15) is 0 Å². The second-order valence-corrected chi connectivity index (χ2v) is 5.16. The van der Waals surface area contributed by atoms with E-state index in [9.17, 15) is 4.79 Å². The molecule has 0 aliphatic carbocycles. The van der Waals surface area contributed by atoms with Crippen LogP contribution in [0.2, 0.25) is 0 Å². The van der Waals surface area contributed by atoms with Crippen molar-refractivity contribution in [1.82, 2.24) is 9.97 Å². The largest absolute Gasteiger partial charge is 0.339 e. The van der Waals surface area contributed by atoms with Crippen molar-refractivity contribution in [1.29, 1.82) is 0 Å². The molecule has 100 valence electrons. The number of nitrogens with one attached hydrogen (secondary N) is 2. The van der Waals surface area contributed by atoms with E-state index in [1.54, 1.807) is 17.7 Å². The summed E-state index contributed by atoms with van der Waals surface area (Å²) in [6.45, 7) is 1.49. The first-order chi connectivity index (χ1) is 9.72. The lowest BCUT2D eigenvalue weighted by atomic mass is 10.2. The van der Waals surface area contributed by atoms with Crippen molar-refractivity contribution in [2.75, 3.05) is 10.6 Å². The first-order valence-corrected chi connectivity index (χ1v) is 6.93. The van der Waals surface area contributed by atoms with Gasteiger partial charge in [-0.15, -0.1) is 11.3 Å². The highest BCUT2D eigenvalue weighted by molar-refractivity contribution is 7.17. The number of thiophene rings is 1. The van der Waals surface area contributed by atoms with E-state index in [1.807, 2.05) is 35.7 Å². The zero-order valence-corrected chi connectivity index (χ0v) is 11.6. The molecular weight excluding hydrogens is 272 g/mol. The number of carbonyl (C=O) groups excluding carboxylic acids is 1. The Kier molecular flexibility index (Phi) is 3.30. The van der Waals surface area contributed by atoms with Gasteiger partial charge in [-0.25, -0.2) is 9.97 Å². The first kappa shape index (κ1) is 12.6. The molecule has 1 amide bonds. The smallest absolute Gasteiger partial charge is 0.221 e. The van der Waals surface area contributed by atoms with Crippen LogP contribution in [0, 0.1) is 0 Å². The number of aromatic nitrogens is 2. The highest BCUT2D eigenvalue weighted by atomic mass is 32.1. The standard InChI is InChI=1S/C14H12N4OS/c1-9(19)17-10-2-4-11(5-3-10)18-14-13-12(6-7-20-13)15-8-16-14/h2-8H,1H3,(H,17,19)(H,15,16,18). The molecule has 0 radical (unpaired) electrons. The normalized spacial score (nSPS) is 10.4. The van der Waals surface area contributed by atoms with Gasteiger partial charge in [0.15, 0.2) is 5.82 Å². The van der Waals surface area contributed by atoms with Gasteiger partial charge in [-0.3, -0.25) is 4.79 Å². The van der Waals surface area contributed by atoms with Crippen LogP contribution in [0.3, 0.4) is 0 Å². The molecule has 0 atom stereocenters. The summed E-state index contributed by atoms with van der Waals surface area (Å²) < 4.78 is 1.03. The van der Waals surface area contributed by atoms with Gasteiger partial charge in [0.1, 0.15) is 6.33 Å². The van der Waals surface area contributed by atoms with Gasteiger partial charge in [0.05, 0.1) is 10.2 Å². The molecule has 2 N–H and O–H groups in total. The Balaban J connectivity index is 1.84. The van der Waals surface area contributed by atoms with Gasteiger partial charge in [0, 0.05) is 18.3 Å². The number of hydrogen-bond donors (Lipinski definition) is 2. The molecule has 2 aromatic heterocycles. The lowest BCUT2D eigenvalue weighted by molar-refractivity contribution is -0.114. The van der Waals surface area contributed by atoms with E-state index in [2.05, 4.69) is 20.6 Å². The van der Waals surface area contributed by atoms with Crippen molar-refractivity contribution in [3.05, 3.63) is 42.0 Å². The van der Waals surface area contributed by atoms with Gasteiger partial charge in [-0.05, 0) is 35.7 Å². The van der Waals surface area contributed by atoms with Crippen LogP contribution in [-0.4, -0.2) is 15.9 Å². The van der Waals surface area contributed by atoms with Crippen LogP contribution in [0.1, 0.15) is 6.92 Å². The average molecular weight is 284 g/mol. The molecule has 0 fully saturated rings. The average Bonchev–Trinajstić information content (AvgIpc) is 2.90. The fourth-order valence-electron chi connectivity index (χ4n) is 1.85. The van der Waals surface area contributed by atoms with Crippen LogP contribution in [0.4, 0.5) is 17.2 Å². The number of rotatable bonds is 3. The zero-order valence-electron chi connectivity index (χ0n) is 10.8. The molecule has 0 aliphatic heterocycles. The molecule has 6 heteroatoms. The monoisotopic (exact) mass is 284 g/mol. The van der Waals surface area contributed by atoms with E-state index >= 15 is 0 Å². The Morgan fingerprint density at radius 3 is 2.60 bits per heavy atom. The Bertz CT molecular complexity index is 751. The summed E-state index contributed by atoms with van der Waals surface area (Å²) in [4.78, 5) is 19.4. The highest BCUT2D eigenvalue weighted by Gasteiger charge is 2.05. The minimum atomic E-state index is -0.0817. The Morgan fingerprint density at radius 1 is 1.10 bits per heavy atom. The van der Waals surface area contributed by atoms with Crippen LogP contribution in [0.25, 0.3) is 10.2 Å². The van der Waals surface area contributed by atoms with Gasteiger partial charge >= 0.3 is 0 Å². The fraction of sp³-hybridized carbons (Fsp3) is 0.0714. The summed E-state index contributed by atoms with van der Waals surface area (Å²) in [5.74, 6) is 0.707. The minimum Gasteiger partial charge on any atom is -0.339 e. The maximum absolute atomic E-state index is 11.0. The lowest BCUT2D eigenvalue weighted by Gasteiger charge is -2.07. The van der Waals surface area contributed by atoms with Crippen molar-refractivity contribution in [2.24, 2.45) is 0 Å². The van der Waals surface area contributed by atoms with Gasteiger partial charge in [0.2, 0.25) is 5.91 Å². The molecule has 0 bridgehead atoms.